The smallest absolute Gasteiger partial charge is 0.258 e. The number of hydrogen-bond donors (Lipinski definition) is 0. The lowest BCUT2D eigenvalue weighted by Gasteiger charge is -2.20. The molecule has 1 amide bonds. The Bertz CT molecular complexity index is 667. The van der Waals surface area contributed by atoms with E-state index in [1.54, 1.807) is 0 Å². The highest BCUT2D eigenvalue weighted by Crippen LogP contribution is 2.27. The second-order valence-corrected chi connectivity index (χ2v) is 6.12. The monoisotopic (exact) mass is 345 g/mol. The summed E-state index contributed by atoms with van der Waals surface area (Å²) >= 11 is 3.41. The van der Waals surface area contributed by atoms with E-state index in [1.807, 2.05) is 23.1 Å². The summed E-state index contributed by atoms with van der Waals surface area (Å²) in [6.45, 7) is 3.78. The maximum atomic E-state index is 12.6. The molecule has 0 saturated heterocycles. The second kappa shape index (κ2) is 5.90. The van der Waals surface area contributed by atoms with Gasteiger partial charge in [-0.05, 0) is 30.7 Å². The molecule has 0 saturated carbocycles. The number of benzene rings is 2. The first kappa shape index (κ1) is 14.1. The van der Waals surface area contributed by atoms with E-state index in [-0.39, 0.29) is 5.91 Å². The Labute approximate surface area is 132 Å². The Kier molecular flexibility index (Phi) is 3.97. The standard InChI is InChI=1S/C17H16BrNO2/c1-12-2-4-13(5-3-12)11-19-8-9-21-16-10-14(18)6-7-15(16)17(19)20/h2-7,10H,8-9,11H2,1H3. The van der Waals surface area contributed by atoms with Gasteiger partial charge in [0.2, 0.25) is 0 Å². The Morgan fingerprint density at radius 2 is 1.95 bits per heavy atom. The number of aryl methyl sites for hydroxylation is 1. The van der Waals surface area contributed by atoms with Gasteiger partial charge in [0.05, 0.1) is 12.1 Å². The maximum absolute atomic E-state index is 12.6. The first-order valence-corrected chi connectivity index (χ1v) is 7.70. The molecule has 1 aliphatic heterocycles. The van der Waals surface area contributed by atoms with Gasteiger partial charge in [-0.15, -0.1) is 0 Å². The third-order valence-electron chi connectivity index (χ3n) is 3.57. The van der Waals surface area contributed by atoms with Crippen molar-refractivity contribution >= 4 is 21.8 Å². The number of rotatable bonds is 2. The maximum Gasteiger partial charge on any atom is 0.258 e. The number of carbonyl (C=O) groups is 1. The van der Waals surface area contributed by atoms with E-state index in [0.29, 0.717) is 31.0 Å². The third kappa shape index (κ3) is 3.10. The highest BCUT2D eigenvalue weighted by atomic mass is 79.9. The molecule has 1 aliphatic rings. The van der Waals surface area contributed by atoms with Crippen molar-refractivity contribution in [2.75, 3.05) is 13.2 Å². The van der Waals surface area contributed by atoms with E-state index in [9.17, 15) is 4.79 Å². The van der Waals surface area contributed by atoms with Crippen molar-refractivity contribution in [3.63, 3.8) is 0 Å². The first-order chi connectivity index (χ1) is 10.1. The molecule has 0 spiro atoms. The van der Waals surface area contributed by atoms with Gasteiger partial charge >= 0.3 is 0 Å². The molecular weight excluding hydrogens is 330 g/mol. The van der Waals surface area contributed by atoms with Crippen molar-refractivity contribution in [1.29, 1.82) is 0 Å². The van der Waals surface area contributed by atoms with Crippen molar-refractivity contribution in [2.45, 2.75) is 13.5 Å². The van der Waals surface area contributed by atoms with Gasteiger partial charge in [-0.3, -0.25) is 4.79 Å². The summed E-state index contributed by atoms with van der Waals surface area (Å²) in [5.41, 5.74) is 2.98. The van der Waals surface area contributed by atoms with Crippen molar-refractivity contribution < 1.29 is 9.53 Å². The molecule has 0 atom stereocenters. The summed E-state index contributed by atoms with van der Waals surface area (Å²) in [5, 5.41) is 0. The lowest BCUT2D eigenvalue weighted by molar-refractivity contribution is 0.0743. The zero-order chi connectivity index (χ0) is 14.8. The van der Waals surface area contributed by atoms with Crippen LogP contribution in [0, 0.1) is 6.92 Å². The van der Waals surface area contributed by atoms with Crippen LogP contribution in [0.4, 0.5) is 0 Å². The average Bonchev–Trinajstić information content (AvgIpc) is 2.61. The predicted molar refractivity (Wildman–Crippen MR) is 85.6 cm³/mol. The van der Waals surface area contributed by atoms with Crippen molar-refractivity contribution in [3.8, 4) is 5.75 Å². The van der Waals surface area contributed by atoms with Gasteiger partial charge in [0.15, 0.2) is 0 Å². The molecule has 0 bridgehead atoms. The molecule has 108 valence electrons. The fourth-order valence-electron chi connectivity index (χ4n) is 2.39. The van der Waals surface area contributed by atoms with Gasteiger partial charge in [0.1, 0.15) is 12.4 Å². The van der Waals surface area contributed by atoms with Crippen LogP contribution in [0.15, 0.2) is 46.9 Å². The van der Waals surface area contributed by atoms with Gasteiger partial charge in [-0.1, -0.05) is 45.8 Å². The zero-order valence-electron chi connectivity index (χ0n) is 11.8. The zero-order valence-corrected chi connectivity index (χ0v) is 13.4. The van der Waals surface area contributed by atoms with Crippen LogP contribution in [0.25, 0.3) is 0 Å². The van der Waals surface area contributed by atoms with Crippen LogP contribution in [-0.4, -0.2) is 24.0 Å². The number of amides is 1. The van der Waals surface area contributed by atoms with Crippen LogP contribution in [0.1, 0.15) is 21.5 Å². The van der Waals surface area contributed by atoms with Crippen molar-refractivity contribution in [1.82, 2.24) is 4.90 Å². The fourth-order valence-corrected chi connectivity index (χ4v) is 2.73. The van der Waals surface area contributed by atoms with E-state index >= 15 is 0 Å². The number of hydrogen-bond acceptors (Lipinski definition) is 2. The third-order valence-corrected chi connectivity index (χ3v) is 4.07. The van der Waals surface area contributed by atoms with Gasteiger partial charge in [-0.25, -0.2) is 0 Å². The molecule has 0 N–H and O–H groups in total. The minimum absolute atomic E-state index is 0.0237. The van der Waals surface area contributed by atoms with Gasteiger partial charge < -0.3 is 9.64 Å². The van der Waals surface area contributed by atoms with Crippen LogP contribution < -0.4 is 4.74 Å². The minimum Gasteiger partial charge on any atom is -0.491 e. The highest BCUT2D eigenvalue weighted by molar-refractivity contribution is 9.10. The van der Waals surface area contributed by atoms with E-state index in [0.717, 1.165) is 10.0 Å². The molecule has 2 aromatic rings. The summed E-state index contributed by atoms with van der Waals surface area (Å²) in [5.74, 6) is 0.677. The molecule has 3 nitrogen and oxygen atoms in total. The summed E-state index contributed by atoms with van der Waals surface area (Å²) < 4.78 is 6.61. The van der Waals surface area contributed by atoms with E-state index < -0.39 is 0 Å². The molecular formula is C17H16BrNO2. The highest BCUT2D eigenvalue weighted by Gasteiger charge is 2.23. The molecule has 2 aromatic carbocycles. The van der Waals surface area contributed by atoms with Crippen LogP contribution in [0.3, 0.4) is 0 Å². The fraction of sp³-hybridized carbons (Fsp3) is 0.235. The lowest BCUT2D eigenvalue weighted by atomic mass is 10.1. The van der Waals surface area contributed by atoms with E-state index in [2.05, 4.69) is 47.1 Å². The Morgan fingerprint density at radius 3 is 2.71 bits per heavy atom. The van der Waals surface area contributed by atoms with Gasteiger partial charge in [0.25, 0.3) is 5.91 Å². The number of halogens is 1. The van der Waals surface area contributed by atoms with Crippen LogP contribution in [-0.2, 0) is 6.54 Å². The number of carbonyl (C=O) groups excluding carboxylic acids is 1. The quantitative estimate of drug-likeness (QED) is 0.828. The van der Waals surface area contributed by atoms with E-state index in [4.69, 9.17) is 4.74 Å². The molecule has 0 radical (unpaired) electrons. The molecule has 0 aliphatic carbocycles. The molecule has 0 aromatic heterocycles. The van der Waals surface area contributed by atoms with Crippen LogP contribution >= 0.6 is 15.9 Å². The van der Waals surface area contributed by atoms with Crippen molar-refractivity contribution in [3.05, 3.63) is 63.6 Å². The summed E-state index contributed by atoms with van der Waals surface area (Å²) in [6, 6.07) is 13.8. The summed E-state index contributed by atoms with van der Waals surface area (Å²) in [4.78, 5) is 14.5. The molecule has 0 unspecified atom stereocenters. The number of fused-ring (bicyclic) bond motifs is 1. The number of nitrogens with zero attached hydrogens (tertiary/aromatic N) is 1. The largest absolute Gasteiger partial charge is 0.491 e. The first-order valence-electron chi connectivity index (χ1n) is 6.90. The Hall–Kier alpha value is -1.81. The van der Waals surface area contributed by atoms with Crippen LogP contribution in [0.5, 0.6) is 5.75 Å². The van der Waals surface area contributed by atoms with Crippen LogP contribution in [0.2, 0.25) is 0 Å². The molecule has 21 heavy (non-hydrogen) atoms. The number of ether oxygens (including phenoxy) is 1. The predicted octanol–water partition coefficient (Wildman–Crippen LogP) is 3.79. The average molecular weight is 346 g/mol. The summed E-state index contributed by atoms with van der Waals surface area (Å²) in [6.07, 6.45) is 0. The molecule has 1 heterocycles. The summed E-state index contributed by atoms with van der Waals surface area (Å²) in [7, 11) is 0. The Morgan fingerprint density at radius 1 is 1.19 bits per heavy atom. The SMILES string of the molecule is Cc1ccc(CN2CCOc3cc(Br)ccc3C2=O)cc1. The Balaban J connectivity index is 1.85. The van der Waals surface area contributed by atoms with Crippen molar-refractivity contribution in [2.24, 2.45) is 0 Å². The van der Waals surface area contributed by atoms with Gasteiger partial charge in [-0.2, -0.15) is 0 Å². The molecule has 3 rings (SSSR count). The topological polar surface area (TPSA) is 29.5 Å². The van der Waals surface area contributed by atoms with Gasteiger partial charge in [0, 0.05) is 11.0 Å². The van der Waals surface area contributed by atoms with E-state index in [1.165, 1.54) is 5.56 Å². The molecule has 0 fully saturated rings. The lowest BCUT2D eigenvalue weighted by Crippen LogP contribution is -2.31. The molecule has 4 heteroatoms. The normalized spacial score (nSPS) is 14.4. The second-order valence-electron chi connectivity index (χ2n) is 5.20. The minimum atomic E-state index is 0.0237.